The summed E-state index contributed by atoms with van der Waals surface area (Å²) in [6.07, 6.45) is 0.462. The van der Waals surface area contributed by atoms with E-state index >= 15 is 0 Å². The van der Waals surface area contributed by atoms with E-state index in [9.17, 15) is 13.2 Å². The Bertz CT molecular complexity index is 477. The molecule has 1 atom stereocenters. The zero-order valence-electron chi connectivity index (χ0n) is 12.0. The molecule has 1 N–H and O–H groups in total. The zero-order chi connectivity index (χ0) is 14.9. The van der Waals surface area contributed by atoms with Crippen molar-refractivity contribution in [2.24, 2.45) is 0 Å². The predicted octanol–water partition coefficient (Wildman–Crippen LogP) is 3.42. The van der Waals surface area contributed by atoms with Crippen LogP contribution in [0, 0.1) is 0 Å². The minimum absolute atomic E-state index is 0.497. The van der Waals surface area contributed by atoms with Crippen molar-refractivity contribution >= 4 is 0 Å². The summed E-state index contributed by atoms with van der Waals surface area (Å²) in [5.74, 6) is 0. The van der Waals surface area contributed by atoms with Crippen molar-refractivity contribution in [2.45, 2.75) is 50.5 Å². The Morgan fingerprint density at radius 1 is 1.19 bits per heavy atom. The van der Waals surface area contributed by atoms with Gasteiger partial charge in [-0.3, -0.25) is 4.90 Å². The highest BCUT2D eigenvalue weighted by atomic mass is 19.4. The molecule has 5 heteroatoms. The van der Waals surface area contributed by atoms with Crippen LogP contribution >= 0.6 is 0 Å². The number of hydrogen-bond acceptors (Lipinski definition) is 2. The van der Waals surface area contributed by atoms with Crippen LogP contribution in [0.5, 0.6) is 0 Å². The Balaban J connectivity index is 1.67. The van der Waals surface area contributed by atoms with Gasteiger partial charge in [0.1, 0.15) is 0 Å². The number of rotatable bonds is 5. The molecule has 0 bridgehead atoms. The van der Waals surface area contributed by atoms with E-state index in [2.05, 4.69) is 10.2 Å². The van der Waals surface area contributed by atoms with Gasteiger partial charge in [-0.1, -0.05) is 18.2 Å². The molecule has 1 unspecified atom stereocenters. The monoisotopic (exact) mass is 298 g/mol. The average Bonchev–Trinajstić information content (AvgIpc) is 3.16. The van der Waals surface area contributed by atoms with Crippen LogP contribution in [0.15, 0.2) is 24.3 Å². The molecule has 1 saturated heterocycles. The van der Waals surface area contributed by atoms with Crippen molar-refractivity contribution in [3.05, 3.63) is 35.4 Å². The first-order chi connectivity index (χ1) is 10.0. The molecule has 3 rings (SSSR count). The standard InChI is InChI=1S/C16H21F3N2/c17-16(18,19)13-4-1-3-12(9-13)10-21(15-6-7-15)11-14-5-2-8-20-14/h1,3-4,9,14-15,20H,2,5-8,10-11H2. The molecule has 21 heavy (non-hydrogen) atoms. The Hall–Kier alpha value is -1.07. The van der Waals surface area contributed by atoms with Crippen molar-refractivity contribution in [3.63, 3.8) is 0 Å². The van der Waals surface area contributed by atoms with Gasteiger partial charge >= 0.3 is 6.18 Å². The molecule has 0 spiro atoms. The van der Waals surface area contributed by atoms with Crippen LogP contribution in [-0.2, 0) is 12.7 Å². The molecule has 1 aliphatic heterocycles. The van der Waals surface area contributed by atoms with E-state index in [0.717, 1.165) is 24.7 Å². The third kappa shape index (κ3) is 3.98. The van der Waals surface area contributed by atoms with Crippen LogP contribution in [0.2, 0.25) is 0 Å². The van der Waals surface area contributed by atoms with Gasteiger partial charge in [0.15, 0.2) is 0 Å². The quantitative estimate of drug-likeness (QED) is 0.896. The molecular formula is C16H21F3N2. The summed E-state index contributed by atoms with van der Waals surface area (Å²) >= 11 is 0. The number of halogens is 3. The minimum atomic E-state index is -4.26. The zero-order valence-corrected chi connectivity index (χ0v) is 12.0. The maximum absolute atomic E-state index is 12.8. The second-order valence-electron chi connectivity index (χ2n) is 6.15. The third-order valence-corrected chi connectivity index (χ3v) is 4.32. The number of nitrogens with one attached hydrogen (secondary N) is 1. The normalized spacial score (nSPS) is 23.0. The maximum atomic E-state index is 12.8. The molecule has 2 nitrogen and oxygen atoms in total. The molecule has 1 aromatic rings. The summed E-state index contributed by atoms with van der Waals surface area (Å²) in [6, 6.07) is 6.79. The van der Waals surface area contributed by atoms with Gasteiger partial charge in [0.2, 0.25) is 0 Å². The second kappa shape index (κ2) is 5.97. The topological polar surface area (TPSA) is 15.3 Å². The Morgan fingerprint density at radius 3 is 2.62 bits per heavy atom. The average molecular weight is 298 g/mol. The van der Waals surface area contributed by atoms with Gasteiger partial charge in [-0.15, -0.1) is 0 Å². The lowest BCUT2D eigenvalue weighted by molar-refractivity contribution is -0.137. The van der Waals surface area contributed by atoms with Crippen molar-refractivity contribution < 1.29 is 13.2 Å². The lowest BCUT2D eigenvalue weighted by Gasteiger charge is -2.26. The summed E-state index contributed by atoms with van der Waals surface area (Å²) in [5, 5.41) is 3.47. The Morgan fingerprint density at radius 2 is 2.00 bits per heavy atom. The SMILES string of the molecule is FC(F)(F)c1cccc(CN(CC2CCCN2)C2CC2)c1. The highest BCUT2D eigenvalue weighted by Gasteiger charge is 2.33. The first-order valence-corrected chi connectivity index (χ1v) is 7.66. The van der Waals surface area contributed by atoms with E-state index < -0.39 is 11.7 Å². The van der Waals surface area contributed by atoms with E-state index in [1.165, 1.54) is 37.8 Å². The summed E-state index contributed by atoms with van der Waals surface area (Å²) in [7, 11) is 0. The van der Waals surface area contributed by atoms with Crippen molar-refractivity contribution in [1.29, 1.82) is 0 Å². The van der Waals surface area contributed by atoms with Crippen molar-refractivity contribution in [3.8, 4) is 0 Å². The van der Waals surface area contributed by atoms with Gasteiger partial charge in [0.05, 0.1) is 5.56 Å². The van der Waals surface area contributed by atoms with E-state index in [1.807, 2.05) is 0 Å². The molecule has 1 aliphatic carbocycles. The lowest BCUT2D eigenvalue weighted by Crippen LogP contribution is -2.38. The van der Waals surface area contributed by atoms with Crippen molar-refractivity contribution in [1.82, 2.24) is 10.2 Å². The molecule has 2 fully saturated rings. The Kier molecular flexibility index (Phi) is 4.22. The van der Waals surface area contributed by atoms with Crippen LogP contribution in [0.1, 0.15) is 36.8 Å². The second-order valence-corrected chi connectivity index (χ2v) is 6.15. The molecule has 0 aromatic heterocycles. The van der Waals surface area contributed by atoms with Crippen molar-refractivity contribution in [2.75, 3.05) is 13.1 Å². The number of benzene rings is 1. The molecular weight excluding hydrogens is 277 g/mol. The molecule has 116 valence electrons. The molecule has 1 saturated carbocycles. The summed E-state index contributed by atoms with van der Waals surface area (Å²) in [6.45, 7) is 2.63. The van der Waals surface area contributed by atoms with Gasteiger partial charge in [0, 0.05) is 25.2 Å². The highest BCUT2D eigenvalue weighted by molar-refractivity contribution is 5.25. The first-order valence-electron chi connectivity index (χ1n) is 7.66. The molecule has 2 aliphatic rings. The van der Waals surface area contributed by atoms with Crippen LogP contribution in [0.4, 0.5) is 13.2 Å². The molecule has 1 aromatic carbocycles. The third-order valence-electron chi connectivity index (χ3n) is 4.32. The van der Waals surface area contributed by atoms with Crippen LogP contribution in [0.3, 0.4) is 0 Å². The molecule has 0 radical (unpaired) electrons. The van der Waals surface area contributed by atoms with E-state index in [1.54, 1.807) is 6.07 Å². The smallest absolute Gasteiger partial charge is 0.313 e. The van der Waals surface area contributed by atoms with Gasteiger partial charge in [-0.05, 0) is 43.9 Å². The number of nitrogens with zero attached hydrogens (tertiary/aromatic N) is 1. The first kappa shape index (κ1) is 14.9. The van der Waals surface area contributed by atoms with E-state index in [-0.39, 0.29) is 0 Å². The van der Waals surface area contributed by atoms with Crippen LogP contribution < -0.4 is 5.32 Å². The fourth-order valence-electron chi connectivity index (χ4n) is 3.06. The minimum Gasteiger partial charge on any atom is -0.313 e. The Labute approximate surface area is 123 Å². The van der Waals surface area contributed by atoms with E-state index in [4.69, 9.17) is 0 Å². The largest absolute Gasteiger partial charge is 0.416 e. The summed E-state index contributed by atoms with van der Waals surface area (Å²) in [5.41, 5.74) is 0.212. The lowest BCUT2D eigenvalue weighted by atomic mass is 10.1. The van der Waals surface area contributed by atoms with Crippen LogP contribution in [-0.4, -0.2) is 30.1 Å². The number of alkyl halides is 3. The predicted molar refractivity (Wildman–Crippen MR) is 75.9 cm³/mol. The van der Waals surface area contributed by atoms with Gasteiger partial charge in [-0.2, -0.15) is 13.2 Å². The molecule has 1 heterocycles. The fourth-order valence-corrected chi connectivity index (χ4v) is 3.06. The van der Waals surface area contributed by atoms with Crippen LogP contribution in [0.25, 0.3) is 0 Å². The summed E-state index contributed by atoms with van der Waals surface area (Å²) < 4.78 is 38.3. The summed E-state index contributed by atoms with van der Waals surface area (Å²) in [4.78, 5) is 2.35. The fraction of sp³-hybridized carbons (Fsp3) is 0.625. The maximum Gasteiger partial charge on any atom is 0.416 e. The van der Waals surface area contributed by atoms with E-state index in [0.29, 0.717) is 18.6 Å². The van der Waals surface area contributed by atoms with Gasteiger partial charge < -0.3 is 5.32 Å². The molecule has 0 amide bonds. The van der Waals surface area contributed by atoms with Gasteiger partial charge in [-0.25, -0.2) is 0 Å². The van der Waals surface area contributed by atoms with Gasteiger partial charge in [0.25, 0.3) is 0 Å². The number of hydrogen-bond donors (Lipinski definition) is 1. The highest BCUT2D eigenvalue weighted by Crippen LogP contribution is 2.32.